The highest BCUT2D eigenvalue weighted by Gasteiger charge is 2.46. The van der Waals surface area contributed by atoms with Crippen molar-refractivity contribution in [2.24, 2.45) is 0 Å². The van der Waals surface area contributed by atoms with Crippen molar-refractivity contribution in [2.75, 3.05) is 4.90 Å². The highest BCUT2D eigenvalue weighted by molar-refractivity contribution is 6.51. The number of nitrogens with zero attached hydrogens (tertiary/aromatic N) is 3. The van der Waals surface area contributed by atoms with E-state index in [0.29, 0.717) is 22.4 Å². The first-order valence-electron chi connectivity index (χ1n) is 9.85. The van der Waals surface area contributed by atoms with Gasteiger partial charge >= 0.3 is 0 Å². The number of ketones is 1. The van der Waals surface area contributed by atoms with Crippen molar-refractivity contribution in [3.05, 3.63) is 101 Å². The zero-order chi connectivity index (χ0) is 22.0. The molecule has 1 saturated heterocycles. The molecule has 1 unspecified atom stereocenters. The Kier molecular flexibility index (Phi) is 5.33. The Morgan fingerprint density at radius 1 is 1.03 bits per heavy atom. The maximum absolute atomic E-state index is 13.1. The van der Waals surface area contributed by atoms with E-state index >= 15 is 0 Å². The molecule has 0 radical (unpaired) electrons. The molecule has 0 spiro atoms. The second-order valence-corrected chi connectivity index (χ2v) is 7.16. The maximum atomic E-state index is 13.1. The zero-order valence-corrected chi connectivity index (χ0v) is 16.8. The number of carbonyl (C=O) groups excluding carboxylic acids is 2. The normalized spacial score (nSPS) is 17.5. The number of aliphatic hydroxyl groups excluding tert-OH is 1. The van der Waals surface area contributed by atoms with Crippen LogP contribution in [-0.2, 0) is 16.0 Å². The van der Waals surface area contributed by atoms with Crippen LogP contribution >= 0.6 is 0 Å². The molecule has 1 aliphatic heterocycles. The van der Waals surface area contributed by atoms with Crippen LogP contribution in [-0.4, -0.2) is 21.8 Å². The van der Waals surface area contributed by atoms with E-state index in [1.165, 1.54) is 4.90 Å². The van der Waals surface area contributed by atoms with Crippen molar-refractivity contribution in [2.45, 2.75) is 19.4 Å². The van der Waals surface area contributed by atoms with E-state index in [2.05, 4.69) is 4.98 Å². The minimum atomic E-state index is -0.818. The summed E-state index contributed by atoms with van der Waals surface area (Å²) in [5.41, 5.74) is 3.13. The van der Waals surface area contributed by atoms with Crippen LogP contribution in [0.2, 0.25) is 0 Å². The molecule has 1 aromatic heterocycles. The Morgan fingerprint density at radius 2 is 1.68 bits per heavy atom. The van der Waals surface area contributed by atoms with E-state index in [-0.39, 0.29) is 11.3 Å². The number of pyridine rings is 1. The van der Waals surface area contributed by atoms with E-state index in [4.69, 9.17) is 5.26 Å². The lowest BCUT2D eigenvalue weighted by Gasteiger charge is -2.25. The predicted molar refractivity (Wildman–Crippen MR) is 116 cm³/mol. The van der Waals surface area contributed by atoms with Crippen LogP contribution in [0.15, 0.2) is 78.6 Å². The molecule has 1 fully saturated rings. The van der Waals surface area contributed by atoms with Gasteiger partial charge in [-0.2, -0.15) is 5.26 Å². The van der Waals surface area contributed by atoms with Gasteiger partial charge < -0.3 is 5.11 Å². The summed E-state index contributed by atoms with van der Waals surface area (Å²) in [6.07, 6.45) is 4.00. The summed E-state index contributed by atoms with van der Waals surface area (Å²) >= 11 is 0. The Labute approximate surface area is 179 Å². The van der Waals surface area contributed by atoms with Crippen LogP contribution in [0, 0.1) is 11.3 Å². The third kappa shape index (κ3) is 3.58. The molecule has 1 amide bonds. The lowest BCUT2D eigenvalue weighted by Crippen LogP contribution is -2.29. The van der Waals surface area contributed by atoms with Crippen molar-refractivity contribution in [1.82, 2.24) is 4.98 Å². The highest BCUT2D eigenvalue weighted by atomic mass is 16.3. The molecule has 6 heteroatoms. The fourth-order valence-corrected chi connectivity index (χ4v) is 3.71. The van der Waals surface area contributed by atoms with Gasteiger partial charge in [-0.3, -0.25) is 19.5 Å². The van der Waals surface area contributed by atoms with Crippen LogP contribution in [0.4, 0.5) is 5.69 Å². The molecule has 152 valence electrons. The topological polar surface area (TPSA) is 94.3 Å². The predicted octanol–water partition coefficient (Wildman–Crippen LogP) is 4.14. The molecule has 0 saturated carbocycles. The van der Waals surface area contributed by atoms with Crippen molar-refractivity contribution in [3.8, 4) is 6.07 Å². The Balaban J connectivity index is 1.90. The summed E-state index contributed by atoms with van der Waals surface area (Å²) in [5, 5.41) is 20.1. The number of amides is 1. The summed E-state index contributed by atoms with van der Waals surface area (Å²) in [4.78, 5) is 31.5. The smallest absolute Gasteiger partial charge is 0.300 e. The third-order valence-corrected chi connectivity index (χ3v) is 5.38. The van der Waals surface area contributed by atoms with E-state index in [1.807, 2.05) is 25.1 Å². The first-order valence-corrected chi connectivity index (χ1v) is 9.85. The molecule has 4 rings (SSSR count). The molecule has 1 aliphatic rings. The van der Waals surface area contributed by atoms with Gasteiger partial charge in [0.25, 0.3) is 11.7 Å². The van der Waals surface area contributed by atoms with Crippen molar-refractivity contribution < 1.29 is 14.7 Å². The molecule has 6 nitrogen and oxygen atoms in total. The van der Waals surface area contributed by atoms with E-state index in [1.54, 1.807) is 60.9 Å². The summed E-state index contributed by atoms with van der Waals surface area (Å²) < 4.78 is 0. The standard InChI is InChI=1S/C25H19N3O3/c1-2-16-3-7-19(8-4-16)23(29)21-22(18-11-13-27-14-12-18)28(25(31)24(21)30)20-9-5-17(15-26)6-10-20/h3-14,22,29H,2H2,1H3/b23-21-. The minimum Gasteiger partial charge on any atom is -0.507 e. The number of aliphatic hydroxyl groups is 1. The van der Waals surface area contributed by atoms with Crippen LogP contribution in [0.1, 0.15) is 35.2 Å². The summed E-state index contributed by atoms with van der Waals surface area (Å²) in [7, 11) is 0. The summed E-state index contributed by atoms with van der Waals surface area (Å²) in [5.74, 6) is -1.72. The van der Waals surface area contributed by atoms with Gasteiger partial charge in [-0.15, -0.1) is 0 Å². The average molecular weight is 409 g/mol. The van der Waals surface area contributed by atoms with E-state index < -0.39 is 17.7 Å². The second-order valence-electron chi connectivity index (χ2n) is 7.16. The molecular formula is C25H19N3O3. The largest absolute Gasteiger partial charge is 0.507 e. The van der Waals surface area contributed by atoms with Gasteiger partial charge in [0.05, 0.1) is 23.2 Å². The van der Waals surface area contributed by atoms with Gasteiger partial charge in [-0.1, -0.05) is 31.2 Å². The Morgan fingerprint density at radius 3 is 2.26 bits per heavy atom. The third-order valence-electron chi connectivity index (χ3n) is 5.38. The molecule has 0 aliphatic carbocycles. The first kappa shape index (κ1) is 20.0. The number of hydrogen-bond donors (Lipinski definition) is 1. The number of Topliss-reactive ketones (excluding diaryl/α,β-unsaturated/α-hetero) is 1. The number of benzene rings is 2. The Bertz CT molecular complexity index is 1210. The van der Waals surface area contributed by atoms with Gasteiger partial charge in [-0.25, -0.2) is 0 Å². The molecule has 1 atom stereocenters. The number of aryl methyl sites for hydroxylation is 1. The zero-order valence-electron chi connectivity index (χ0n) is 16.8. The quantitative estimate of drug-likeness (QED) is 0.397. The van der Waals surface area contributed by atoms with Crippen molar-refractivity contribution in [3.63, 3.8) is 0 Å². The minimum absolute atomic E-state index is 0.0183. The van der Waals surface area contributed by atoms with Gasteiger partial charge in [0.15, 0.2) is 0 Å². The molecule has 3 aromatic rings. The second kappa shape index (κ2) is 8.25. The average Bonchev–Trinajstić information content (AvgIpc) is 3.09. The van der Waals surface area contributed by atoms with E-state index in [0.717, 1.165) is 12.0 Å². The van der Waals surface area contributed by atoms with Gasteiger partial charge in [0, 0.05) is 23.6 Å². The summed E-state index contributed by atoms with van der Waals surface area (Å²) in [6, 6.07) is 18.3. The highest BCUT2D eigenvalue weighted by Crippen LogP contribution is 2.42. The van der Waals surface area contributed by atoms with Gasteiger partial charge in [0.1, 0.15) is 5.76 Å². The summed E-state index contributed by atoms with van der Waals surface area (Å²) in [6.45, 7) is 2.03. The number of nitriles is 1. The van der Waals surface area contributed by atoms with Crippen LogP contribution in [0.5, 0.6) is 0 Å². The van der Waals surface area contributed by atoms with Crippen molar-refractivity contribution >= 4 is 23.1 Å². The molecule has 31 heavy (non-hydrogen) atoms. The van der Waals surface area contributed by atoms with Crippen LogP contribution < -0.4 is 4.90 Å². The first-order chi connectivity index (χ1) is 15.0. The molecule has 2 heterocycles. The monoisotopic (exact) mass is 409 g/mol. The lowest BCUT2D eigenvalue weighted by molar-refractivity contribution is -0.132. The molecule has 2 aromatic carbocycles. The molecule has 0 bridgehead atoms. The van der Waals surface area contributed by atoms with Crippen LogP contribution in [0.3, 0.4) is 0 Å². The molecular weight excluding hydrogens is 390 g/mol. The Hall–Kier alpha value is -4.24. The van der Waals surface area contributed by atoms with Crippen molar-refractivity contribution in [1.29, 1.82) is 5.26 Å². The fraction of sp³-hybridized carbons (Fsp3) is 0.120. The lowest BCUT2D eigenvalue weighted by atomic mass is 9.95. The van der Waals surface area contributed by atoms with E-state index in [9.17, 15) is 14.7 Å². The maximum Gasteiger partial charge on any atom is 0.300 e. The number of hydrogen-bond acceptors (Lipinski definition) is 5. The fourth-order valence-electron chi connectivity index (χ4n) is 3.71. The number of aromatic nitrogens is 1. The van der Waals surface area contributed by atoms with Crippen LogP contribution in [0.25, 0.3) is 5.76 Å². The molecule has 1 N–H and O–H groups in total. The SMILES string of the molecule is CCc1ccc(/C(O)=C2/C(=O)C(=O)N(c3ccc(C#N)cc3)C2c2ccncc2)cc1. The number of carbonyl (C=O) groups is 2. The number of anilines is 1. The van der Waals surface area contributed by atoms with Gasteiger partial charge in [-0.05, 0) is 53.9 Å². The van der Waals surface area contributed by atoms with Gasteiger partial charge in [0.2, 0.25) is 0 Å². The number of rotatable bonds is 4.